The van der Waals surface area contributed by atoms with E-state index in [1.165, 1.54) is 12.1 Å². The summed E-state index contributed by atoms with van der Waals surface area (Å²) in [7, 11) is -3.86. The fraction of sp³-hybridized carbons (Fsp3) is 0.105. The maximum atomic E-state index is 12.8. The molecule has 0 bridgehead atoms. The molecule has 10 heteroatoms. The van der Waals surface area contributed by atoms with Crippen LogP contribution in [0.4, 0.5) is 5.95 Å². The molecule has 146 valence electrons. The first-order valence-electron chi connectivity index (χ1n) is 8.60. The summed E-state index contributed by atoms with van der Waals surface area (Å²) in [5.41, 5.74) is 2.20. The van der Waals surface area contributed by atoms with Crippen molar-refractivity contribution in [3.8, 4) is 22.8 Å². The van der Waals surface area contributed by atoms with Gasteiger partial charge in [-0.1, -0.05) is 18.2 Å². The molecule has 0 aliphatic rings. The van der Waals surface area contributed by atoms with E-state index in [1.54, 1.807) is 54.8 Å². The standard InChI is InChI=1S/C19H16N6O2S2/c1-12-21-18(16-5-3-4-10-20-16)24-19(22-12)25-29(26,27)15-8-6-14(7-9-15)17-11-28-13(2)23-17/h3-11H,1-2H3,(H,21,22,24,25). The number of hydrogen-bond acceptors (Lipinski definition) is 8. The van der Waals surface area contributed by atoms with Crippen LogP contribution in [0.2, 0.25) is 0 Å². The fourth-order valence-electron chi connectivity index (χ4n) is 2.62. The van der Waals surface area contributed by atoms with Crippen molar-refractivity contribution in [2.24, 2.45) is 0 Å². The van der Waals surface area contributed by atoms with Crippen molar-refractivity contribution in [3.05, 3.63) is 64.9 Å². The van der Waals surface area contributed by atoms with Crippen LogP contribution >= 0.6 is 11.3 Å². The van der Waals surface area contributed by atoms with Gasteiger partial charge in [-0.25, -0.2) is 23.1 Å². The molecule has 29 heavy (non-hydrogen) atoms. The lowest BCUT2D eigenvalue weighted by atomic mass is 10.2. The Morgan fingerprint density at radius 3 is 2.34 bits per heavy atom. The van der Waals surface area contributed by atoms with Crippen molar-refractivity contribution in [3.63, 3.8) is 0 Å². The molecule has 0 saturated heterocycles. The van der Waals surface area contributed by atoms with Gasteiger partial charge in [0.25, 0.3) is 10.0 Å². The minimum Gasteiger partial charge on any atom is -0.253 e. The van der Waals surface area contributed by atoms with Gasteiger partial charge in [0.05, 0.1) is 15.6 Å². The van der Waals surface area contributed by atoms with Gasteiger partial charge in [-0.15, -0.1) is 11.3 Å². The number of sulfonamides is 1. The topological polar surface area (TPSA) is 111 Å². The third-order valence-electron chi connectivity index (χ3n) is 3.95. The summed E-state index contributed by atoms with van der Waals surface area (Å²) in [5.74, 6) is 0.620. The van der Waals surface area contributed by atoms with E-state index in [9.17, 15) is 8.42 Å². The molecule has 4 aromatic rings. The van der Waals surface area contributed by atoms with Gasteiger partial charge < -0.3 is 0 Å². The molecule has 0 atom stereocenters. The van der Waals surface area contributed by atoms with Gasteiger partial charge in [0, 0.05) is 17.1 Å². The number of pyridine rings is 1. The number of thiazole rings is 1. The number of hydrogen-bond donors (Lipinski definition) is 1. The van der Waals surface area contributed by atoms with E-state index in [-0.39, 0.29) is 10.8 Å². The molecule has 3 aromatic heterocycles. The molecule has 1 N–H and O–H groups in total. The average Bonchev–Trinajstić information content (AvgIpc) is 3.14. The maximum absolute atomic E-state index is 12.8. The Labute approximate surface area is 171 Å². The normalized spacial score (nSPS) is 11.4. The smallest absolute Gasteiger partial charge is 0.253 e. The number of nitrogens with one attached hydrogen (secondary N) is 1. The van der Waals surface area contributed by atoms with Gasteiger partial charge in [0.2, 0.25) is 5.95 Å². The summed E-state index contributed by atoms with van der Waals surface area (Å²) >= 11 is 1.54. The van der Waals surface area contributed by atoms with Gasteiger partial charge in [-0.2, -0.15) is 9.97 Å². The molecule has 4 rings (SSSR count). The van der Waals surface area contributed by atoms with E-state index in [0.29, 0.717) is 17.3 Å². The Balaban J connectivity index is 1.61. The third-order valence-corrected chi connectivity index (χ3v) is 6.06. The molecule has 8 nitrogen and oxygen atoms in total. The second-order valence-electron chi connectivity index (χ2n) is 6.13. The minimum atomic E-state index is -3.86. The second kappa shape index (κ2) is 7.64. The molecular formula is C19H16N6O2S2. The van der Waals surface area contributed by atoms with E-state index < -0.39 is 10.0 Å². The first kappa shape index (κ1) is 19.1. The van der Waals surface area contributed by atoms with E-state index >= 15 is 0 Å². The average molecular weight is 425 g/mol. The minimum absolute atomic E-state index is 0.0580. The van der Waals surface area contributed by atoms with Crippen molar-refractivity contribution in [1.29, 1.82) is 0 Å². The van der Waals surface area contributed by atoms with E-state index in [0.717, 1.165) is 16.3 Å². The highest BCUT2D eigenvalue weighted by atomic mass is 32.2. The first-order chi connectivity index (χ1) is 13.9. The second-order valence-corrected chi connectivity index (χ2v) is 8.87. The van der Waals surface area contributed by atoms with Crippen LogP contribution < -0.4 is 4.72 Å². The van der Waals surface area contributed by atoms with Crippen LogP contribution in [0.15, 0.2) is 58.9 Å². The van der Waals surface area contributed by atoms with E-state index in [4.69, 9.17) is 0 Å². The molecule has 1 aromatic carbocycles. The highest BCUT2D eigenvalue weighted by Crippen LogP contribution is 2.24. The molecule has 0 unspecified atom stereocenters. The van der Waals surface area contributed by atoms with Gasteiger partial charge in [0.15, 0.2) is 5.82 Å². The van der Waals surface area contributed by atoms with E-state index in [2.05, 4.69) is 29.6 Å². The molecule has 0 aliphatic heterocycles. The highest BCUT2D eigenvalue weighted by Gasteiger charge is 2.18. The van der Waals surface area contributed by atoms with Crippen LogP contribution in [0.5, 0.6) is 0 Å². The SMILES string of the molecule is Cc1nc(NS(=O)(=O)c2ccc(-c3csc(C)n3)cc2)nc(-c2ccccn2)n1. The summed E-state index contributed by atoms with van der Waals surface area (Å²) in [5, 5.41) is 2.89. The van der Waals surface area contributed by atoms with Crippen molar-refractivity contribution >= 4 is 27.3 Å². The number of anilines is 1. The van der Waals surface area contributed by atoms with Crippen LogP contribution in [0.25, 0.3) is 22.8 Å². The Kier molecular flexibility index (Phi) is 5.03. The molecule has 0 spiro atoms. The Bertz CT molecular complexity index is 1260. The predicted octanol–water partition coefficient (Wildman–Crippen LogP) is 3.47. The van der Waals surface area contributed by atoms with Crippen LogP contribution in [-0.2, 0) is 10.0 Å². The molecular weight excluding hydrogens is 408 g/mol. The first-order valence-corrected chi connectivity index (χ1v) is 11.0. The van der Waals surface area contributed by atoms with Crippen LogP contribution in [0.3, 0.4) is 0 Å². The molecule has 0 fully saturated rings. The van der Waals surface area contributed by atoms with Crippen molar-refractivity contribution in [2.75, 3.05) is 4.72 Å². The van der Waals surface area contributed by atoms with Crippen molar-refractivity contribution in [1.82, 2.24) is 24.9 Å². The lowest BCUT2D eigenvalue weighted by molar-refractivity contribution is 0.600. The van der Waals surface area contributed by atoms with Crippen molar-refractivity contribution < 1.29 is 8.42 Å². The summed E-state index contributed by atoms with van der Waals surface area (Å²) < 4.78 is 28.0. The number of benzene rings is 1. The predicted molar refractivity (Wildman–Crippen MR) is 111 cm³/mol. The van der Waals surface area contributed by atoms with Gasteiger partial charge >= 0.3 is 0 Å². The zero-order valence-electron chi connectivity index (χ0n) is 15.6. The van der Waals surface area contributed by atoms with Gasteiger partial charge in [-0.05, 0) is 38.1 Å². The molecule has 0 saturated carbocycles. The van der Waals surface area contributed by atoms with Crippen LogP contribution in [-0.4, -0.2) is 33.3 Å². The molecule has 0 aliphatic carbocycles. The number of aromatic nitrogens is 5. The molecule has 0 radical (unpaired) electrons. The Morgan fingerprint density at radius 1 is 0.897 bits per heavy atom. The largest absolute Gasteiger partial charge is 0.264 e. The zero-order chi connectivity index (χ0) is 20.4. The molecule has 3 heterocycles. The quantitative estimate of drug-likeness (QED) is 0.522. The lowest BCUT2D eigenvalue weighted by Gasteiger charge is -2.09. The number of aryl methyl sites for hydroxylation is 2. The summed E-state index contributed by atoms with van der Waals surface area (Å²) in [6, 6.07) is 11.8. The van der Waals surface area contributed by atoms with E-state index in [1.807, 2.05) is 12.3 Å². The summed E-state index contributed by atoms with van der Waals surface area (Å²) in [6.45, 7) is 3.59. The number of rotatable bonds is 5. The number of nitrogens with zero attached hydrogens (tertiary/aromatic N) is 5. The lowest BCUT2D eigenvalue weighted by Crippen LogP contribution is -2.16. The van der Waals surface area contributed by atoms with Crippen molar-refractivity contribution in [2.45, 2.75) is 18.7 Å². The monoisotopic (exact) mass is 424 g/mol. The fourth-order valence-corrected chi connectivity index (χ4v) is 4.18. The Hall–Kier alpha value is -3.24. The Morgan fingerprint density at radius 2 is 1.69 bits per heavy atom. The molecule has 0 amide bonds. The van der Waals surface area contributed by atoms with Gasteiger partial charge in [0.1, 0.15) is 11.5 Å². The zero-order valence-corrected chi connectivity index (χ0v) is 17.2. The van der Waals surface area contributed by atoms with Gasteiger partial charge in [-0.3, -0.25) is 4.98 Å². The van der Waals surface area contributed by atoms with Crippen LogP contribution in [0.1, 0.15) is 10.8 Å². The van der Waals surface area contributed by atoms with Crippen LogP contribution in [0, 0.1) is 13.8 Å². The summed E-state index contributed by atoms with van der Waals surface area (Å²) in [6.07, 6.45) is 1.61. The maximum Gasteiger partial charge on any atom is 0.264 e. The third kappa shape index (κ3) is 4.28. The highest BCUT2D eigenvalue weighted by molar-refractivity contribution is 7.92. The summed E-state index contributed by atoms with van der Waals surface area (Å²) in [4.78, 5) is 21.2.